The largest absolute Gasteiger partial charge is 0.367 e. The SMILES string of the molecule is CC(Nc1nc(N)ns1)C(=O)NC1CC1. The van der Waals surface area contributed by atoms with Crippen LogP contribution in [-0.4, -0.2) is 27.3 Å². The zero-order chi connectivity index (χ0) is 10.8. The highest BCUT2D eigenvalue weighted by Crippen LogP contribution is 2.19. The molecule has 4 N–H and O–H groups in total. The maximum atomic E-state index is 11.6. The van der Waals surface area contributed by atoms with Crippen LogP contribution in [0.15, 0.2) is 0 Å². The molecule has 0 aliphatic heterocycles. The highest BCUT2D eigenvalue weighted by Gasteiger charge is 2.25. The summed E-state index contributed by atoms with van der Waals surface area (Å²) in [5, 5.41) is 6.43. The van der Waals surface area contributed by atoms with Crippen LogP contribution in [0.2, 0.25) is 0 Å². The number of aromatic nitrogens is 2. The molecule has 1 aliphatic carbocycles. The second-order valence-electron chi connectivity index (χ2n) is 3.61. The van der Waals surface area contributed by atoms with E-state index >= 15 is 0 Å². The van der Waals surface area contributed by atoms with E-state index in [9.17, 15) is 4.79 Å². The van der Waals surface area contributed by atoms with E-state index < -0.39 is 0 Å². The van der Waals surface area contributed by atoms with Crippen LogP contribution in [0.1, 0.15) is 19.8 Å². The Bertz CT molecular complexity index is 362. The zero-order valence-corrected chi connectivity index (χ0v) is 9.17. The quantitative estimate of drug-likeness (QED) is 0.683. The molecule has 1 aliphatic rings. The molecule has 1 saturated carbocycles. The highest BCUT2D eigenvalue weighted by atomic mass is 32.1. The van der Waals surface area contributed by atoms with Crippen LogP contribution in [0.4, 0.5) is 11.1 Å². The molecule has 82 valence electrons. The first kappa shape index (κ1) is 10.2. The van der Waals surface area contributed by atoms with E-state index in [0.29, 0.717) is 11.2 Å². The van der Waals surface area contributed by atoms with Crippen molar-refractivity contribution in [1.29, 1.82) is 0 Å². The van der Waals surface area contributed by atoms with Crippen LogP contribution in [0.3, 0.4) is 0 Å². The second kappa shape index (κ2) is 4.01. The van der Waals surface area contributed by atoms with E-state index in [2.05, 4.69) is 20.0 Å². The van der Waals surface area contributed by atoms with Gasteiger partial charge in [-0.05, 0) is 19.8 Å². The van der Waals surface area contributed by atoms with Crippen molar-refractivity contribution in [2.45, 2.75) is 31.8 Å². The maximum Gasteiger partial charge on any atom is 0.242 e. The topological polar surface area (TPSA) is 92.9 Å². The number of carbonyl (C=O) groups excluding carboxylic acids is 1. The van der Waals surface area contributed by atoms with Gasteiger partial charge in [0.2, 0.25) is 17.0 Å². The summed E-state index contributed by atoms with van der Waals surface area (Å²) in [5.41, 5.74) is 5.37. The first-order chi connectivity index (χ1) is 7.15. The minimum Gasteiger partial charge on any atom is -0.367 e. The molecule has 15 heavy (non-hydrogen) atoms. The van der Waals surface area contributed by atoms with Gasteiger partial charge in [-0.1, -0.05) is 0 Å². The van der Waals surface area contributed by atoms with E-state index in [-0.39, 0.29) is 17.9 Å². The summed E-state index contributed by atoms with van der Waals surface area (Å²) in [6.07, 6.45) is 2.18. The Morgan fingerprint density at radius 1 is 1.67 bits per heavy atom. The Kier molecular flexibility index (Phi) is 2.72. The number of nitrogens with zero attached hydrogens (tertiary/aromatic N) is 2. The summed E-state index contributed by atoms with van der Waals surface area (Å²) >= 11 is 1.15. The number of nitrogens with two attached hydrogens (primary N) is 1. The number of carbonyl (C=O) groups is 1. The van der Waals surface area contributed by atoms with Gasteiger partial charge in [0, 0.05) is 17.6 Å². The van der Waals surface area contributed by atoms with Gasteiger partial charge in [-0.25, -0.2) is 0 Å². The van der Waals surface area contributed by atoms with Crippen LogP contribution in [0.25, 0.3) is 0 Å². The van der Waals surface area contributed by atoms with Crippen molar-refractivity contribution in [2.75, 3.05) is 11.1 Å². The van der Waals surface area contributed by atoms with Crippen LogP contribution >= 0.6 is 11.5 Å². The van der Waals surface area contributed by atoms with Gasteiger partial charge in [0.1, 0.15) is 6.04 Å². The van der Waals surface area contributed by atoms with Gasteiger partial charge in [0.25, 0.3) is 0 Å². The third-order valence-electron chi connectivity index (χ3n) is 2.10. The van der Waals surface area contributed by atoms with Crippen molar-refractivity contribution in [3.8, 4) is 0 Å². The van der Waals surface area contributed by atoms with Crippen molar-refractivity contribution in [2.24, 2.45) is 0 Å². The standard InChI is InChI=1S/C8H13N5OS/c1-4(6(14)11-5-2-3-5)10-8-12-7(9)13-15-8/h4-5H,2-3H2,1H3,(H,11,14)(H3,9,10,12,13). The number of nitrogens with one attached hydrogen (secondary N) is 2. The second-order valence-corrected chi connectivity index (χ2v) is 4.36. The van der Waals surface area contributed by atoms with E-state index in [4.69, 9.17) is 5.73 Å². The van der Waals surface area contributed by atoms with Gasteiger partial charge in [-0.3, -0.25) is 4.79 Å². The average molecular weight is 227 g/mol. The van der Waals surface area contributed by atoms with Crippen LogP contribution in [-0.2, 0) is 4.79 Å². The molecule has 0 saturated heterocycles. The number of anilines is 2. The Hall–Kier alpha value is -1.37. The number of nitrogen functional groups attached to an aromatic ring is 1. The monoisotopic (exact) mass is 227 g/mol. The molecule has 1 atom stereocenters. The number of hydrogen-bond donors (Lipinski definition) is 3. The van der Waals surface area contributed by atoms with E-state index in [0.717, 1.165) is 24.4 Å². The molecular weight excluding hydrogens is 214 g/mol. The number of rotatable bonds is 4. The Morgan fingerprint density at radius 3 is 2.93 bits per heavy atom. The molecule has 2 rings (SSSR count). The molecule has 0 radical (unpaired) electrons. The Balaban J connectivity index is 1.84. The lowest BCUT2D eigenvalue weighted by Gasteiger charge is -2.11. The Labute approximate surface area is 91.4 Å². The smallest absolute Gasteiger partial charge is 0.242 e. The first-order valence-electron chi connectivity index (χ1n) is 4.81. The zero-order valence-electron chi connectivity index (χ0n) is 8.36. The van der Waals surface area contributed by atoms with Gasteiger partial charge >= 0.3 is 0 Å². The molecule has 6 nitrogen and oxygen atoms in total. The summed E-state index contributed by atoms with van der Waals surface area (Å²) < 4.78 is 3.82. The molecule has 0 bridgehead atoms. The lowest BCUT2D eigenvalue weighted by Crippen LogP contribution is -2.38. The van der Waals surface area contributed by atoms with Crippen molar-refractivity contribution >= 4 is 28.5 Å². The lowest BCUT2D eigenvalue weighted by molar-refractivity contribution is -0.121. The summed E-state index contributed by atoms with van der Waals surface area (Å²) in [6, 6.07) is 0.0687. The molecule has 1 fully saturated rings. The number of hydrogen-bond acceptors (Lipinski definition) is 6. The Morgan fingerprint density at radius 2 is 2.40 bits per heavy atom. The number of amides is 1. The van der Waals surface area contributed by atoms with Crippen LogP contribution < -0.4 is 16.4 Å². The fraction of sp³-hybridized carbons (Fsp3) is 0.625. The van der Waals surface area contributed by atoms with Crippen molar-refractivity contribution in [3.63, 3.8) is 0 Å². The molecule has 7 heteroatoms. The first-order valence-corrected chi connectivity index (χ1v) is 5.58. The summed E-state index contributed by atoms with van der Waals surface area (Å²) in [4.78, 5) is 15.5. The molecule has 1 unspecified atom stereocenters. The van der Waals surface area contributed by atoms with Gasteiger partial charge in [0.15, 0.2) is 0 Å². The fourth-order valence-electron chi connectivity index (χ4n) is 1.10. The van der Waals surface area contributed by atoms with Gasteiger partial charge in [0.05, 0.1) is 0 Å². The van der Waals surface area contributed by atoms with E-state index in [1.807, 2.05) is 0 Å². The van der Waals surface area contributed by atoms with Gasteiger partial charge < -0.3 is 16.4 Å². The molecule has 1 amide bonds. The van der Waals surface area contributed by atoms with Crippen molar-refractivity contribution < 1.29 is 4.79 Å². The third-order valence-corrected chi connectivity index (χ3v) is 2.76. The molecule has 0 spiro atoms. The van der Waals surface area contributed by atoms with E-state index in [1.54, 1.807) is 6.92 Å². The fourth-order valence-corrected chi connectivity index (χ4v) is 1.68. The predicted octanol–water partition coefficient (Wildman–Crippen LogP) is 0.199. The molecule has 1 heterocycles. The summed E-state index contributed by atoms with van der Waals surface area (Å²) in [5.74, 6) is 0.226. The molecule has 1 aromatic rings. The molecular formula is C8H13N5OS. The van der Waals surface area contributed by atoms with E-state index in [1.165, 1.54) is 0 Å². The van der Waals surface area contributed by atoms with Crippen LogP contribution in [0.5, 0.6) is 0 Å². The van der Waals surface area contributed by atoms with Crippen molar-refractivity contribution in [3.05, 3.63) is 0 Å². The molecule has 1 aromatic heterocycles. The predicted molar refractivity (Wildman–Crippen MR) is 58.6 cm³/mol. The average Bonchev–Trinajstić information content (AvgIpc) is 2.90. The van der Waals surface area contributed by atoms with Crippen LogP contribution in [0, 0.1) is 0 Å². The minimum absolute atomic E-state index is 0.00808. The third kappa shape index (κ3) is 2.79. The summed E-state index contributed by atoms with van der Waals surface area (Å²) in [6.45, 7) is 1.79. The lowest BCUT2D eigenvalue weighted by atomic mass is 10.3. The van der Waals surface area contributed by atoms with Crippen molar-refractivity contribution in [1.82, 2.24) is 14.7 Å². The highest BCUT2D eigenvalue weighted by molar-refractivity contribution is 7.09. The van der Waals surface area contributed by atoms with Gasteiger partial charge in [-0.15, -0.1) is 0 Å². The maximum absolute atomic E-state index is 11.6. The molecule has 0 aromatic carbocycles. The summed E-state index contributed by atoms with van der Waals surface area (Å²) in [7, 11) is 0. The normalized spacial score (nSPS) is 17.1. The minimum atomic E-state index is -0.307. The van der Waals surface area contributed by atoms with Gasteiger partial charge in [-0.2, -0.15) is 9.36 Å².